The van der Waals surface area contributed by atoms with Crippen LogP contribution in [0.5, 0.6) is 0 Å². The predicted molar refractivity (Wildman–Crippen MR) is 65.5 cm³/mol. The summed E-state index contributed by atoms with van der Waals surface area (Å²) in [5, 5.41) is 0. The van der Waals surface area contributed by atoms with Gasteiger partial charge < -0.3 is 10.3 Å². The fourth-order valence-corrected chi connectivity index (χ4v) is 1.77. The van der Waals surface area contributed by atoms with Gasteiger partial charge in [0.1, 0.15) is 5.82 Å². The van der Waals surface area contributed by atoms with Crippen molar-refractivity contribution in [3.8, 4) is 5.69 Å². The second-order valence-electron chi connectivity index (χ2n) is 3.95. The molecule has 1 aromatic carbocycles. The summed E-state index contributed by atoms with van der Waals surface area (Å²) in [6, 6.07) is 8.48. The fraction of sp³-hybridized carbons (Fsp3) is 0.308. The van der Waals surface area contributed by atoms with Crippen LogP contribution in [-0.2, 0) is 0 Å². The highest BCUT2D eigenvalue weighted by molar-refractivity contribution is 5.36. The number of aryl methyl sites for hydroxylation is 1. The van der Waals surface area contributed by atoms with Crippen LogP contribution in [0.3, 0.4) is 0 Å². The van der Waals surface area contributed by atoms with Gasteiger partial charge in [-0.2, -0.15) is 0 Å². The van der Waals surface area contributed by atoms with Crippen LogP contribution in [0.25, 0.3) is 5.69 Å². The van der Waals surface area contributed by atoms with Gasteiger partial charge in [-0.3, -0.25) is 0 Å². The molecule has 0 radical (unpaired) electrons. The first kappa shape index (κ1) is 10.9. The van der Waals surface area contributed by atoms with E-state index < -0.39 is 0 Å². The Bertz CT molecular complexity index is 456. The molecular weight excluding hydrogens is 198 g/mol. The summed E-state index contributed by atoms with van der Waals surface area (Å²) >= 11 is 0. The monoisotopic (exact) mass is 215 g/mol. The molecule has 0 aliphatic heterocycles. The van der Waals surface area contributed by atoms with E-state index in [9.17, 15) is 0 Å². The maximum absolute atomic E-state index is 5.97. The molecule has 84 valence electrons. The minimum absolute atomic E-state index is 0.137. The van der Waals surface area contributed by atoms with Crippen molar-refractivity contribution in [3.05, 3.63) is 48.0 Å². The third-order valence-corrected chi connectivity index (χ3v) is 2.86. The number of imidazole rings is 1. The molecule has 2 aromatic rings. The van der Waals surface area contributed by atoms with E-state index in [1.165, 1.54) is 5.56 Å². The molecule has 0 amide bonds. The molecule has 2 N–H and O–H groups in total. The van der Waals surface area contributed by atoms with Crippen LogP contribution in [0.15, 0.2) is 36.7 Å². The zero-order valence-corrected chi connectivity index (χ0v) is 9.72. The Kier molecular flexibility index (Phi) is 3.06. The Labute approximate surface area is 95.9 Å². The van der Waals surface area contributed by atoms with Crippen molar-refractivity contribution in [2.24, 2.45) is 5.73 Å². The Morgan fingerprint density at radius 3 is 2.50 bits per heavy atom. The van der Waals surface area contributed by atoms with Crippen molar-refractivity contribution in [2.75, 3.05) is 0 Å². The lowest BCUT2D eigenvalue weighted by Gasteiger charge is -2.10. The van der Waals surface area contributed by atoms with Crippen molar-refractivity contribution < 1.29 is 0 Å². The number of rotatable bonds is 3. The minimum atomic E-state index is 0.137. The van der Waals surface area contributed by atoms with E-state index in [2.05, 4.69) is 40.7 Å². The van der Waals surface area contributed by atoms with E-state index in [0.717, 1.165) is 17.9 Å². The van der Waals surface area contributed by atoms with Gasteiger partial charge in [-0.1, -0.05) is 19.1 Å². The number of nitrogens with zero attached hydrogens (tertiary/aromatic N) is 2. The first-order chi connectivity index (χ1) is 7.72. The average molecular weight is 215 g/mol. The molecule has 0 aliphatic rings. The Hall–Kier alpha value is -1.61. The molecular formula is C13H17N3. The van der Waals surface area contributed by atoms with Gasteiger partial charge in [0, 0.05) is 24.1 Å². The Morgan fingerprint density at radius 1 is 1.31 bits per heavy atom. The van der Waals surface area contributed by atoms with Crippen LogP contribution in [0.2, 0.25) is 0 Å². The normalized spacial score (nSPS) is 12.7. The van der Waals surface area contributed by atoms with Crippen LogP contribution in [0, 0.1) is 6.92 Å². The summed E-state index contributed by atoms with van der Waals surface area (Å²) in [6.45, 7) is 4.09. The molecule has 0 spiro atoms. The molecule has 1 aromatic heterocycles. The maximum atomic E-state index is 5.97. The second kappa shape index (κ2) is 4.49. The van der Waals surface area contributed by atoms with Crippen molar-refractivity contribution in [1.29, 1.82) is 0 Å². The average Bonchev–Trinajstić information content (AvgIpc) is 2.75. The molecule has 3 nitrogen and oxygen atoms in total. The number of aromatic nitrogens is 2. The predicted octanol–water partition coefficient (Wildman–Crippen LogP) is 2.59. The van der Waals surface area contributed by atoms with Crippen molar-refractivity contribution in [3.63, 3.8) is 0 Å². The molecule has 0 saturated carbocycles. The molecule has 0 bridgehead atoms. The van der Waals surface area contributed by atoms with Gasteiger partial charge in [0.15, 0.2) is 0 Å². The van der Waals surface area contributed by atoms with Gasteiger partial charge >= 0.3 is 0 Å². The van der Waals surface area contributed by atoms with E-state index in [1.807, 2.05) is 13.1 Å². The topological polar surface area (TPSA) is 43.8 Å². The third-order valence-electron chi connectivity index (χ3n) is 2.86. The number of hydrogen-bond acceptors (Lipinski definition) is 2. The van der Waals surface area contributed by atoms with Crippen molar-refractivity contribution in [2.45, 2.75) is 26.3 Å². The van der Waals surface area contributed by atoms with E-state index in [4.69, 9.17) is 5.73 Å². The highest BCUT2D eigenvalue weighted by Gasteiger charge is 2.04. The molecule has 1 heterocycles. The van der Waals surface area contributed by atoms with Gasteiger partial charge in [-0.05, 0) is 31.0 Å². The largest absolute Gasteiger partial charge is 0.324 e. The van der Waals surface area contributed by atoms with E-state index in [-0.39, 0.29) is 6.04 Å². The third kappa shape index (κ3) is 1.99. The lowest BCUT2D eigenvalue weighted by molar-refractivity contribution is 0.698. The van der Waals surface area contributed by atoms with Crippen LogP contribution in [0.4, 0.5) is 0 Å². The van der Waals surface area contributed by atoms with Gasteiger partial charge in [0.2, 0.25) is 0 Å². The molecule has 0 saturated heterocycles. The maximum Gasteiger partial charge on any atom is 0.110 e. The van der Waals surface area contributed by atoms with Crippen molar-refractivity contribution >= 4 is 0 Å². The van der Waals surface area contributed by atoms with Gasteiger partial charge in [-0.25, -0.2) is 4.98 Å². The SMILES string of the molecule is CCC(N)c1ccc(-n2ccnc2C)cc1. The van der Waals surface area contributed by atoms with E-state index in [1.54, 1.807) is 6.20 Å². The molecule has 3 heteroatoms. The molecule has 0 aliphatic carbocycles. The van der Waals surface area contributed by atoms with Crippen LogP contribution < -0.4 is 5.73 Å². The summed E-state index contributed by atoms with van der Waals surface area (Å²) in [6.07, 6.45) is 4.73. The van der Waals surface area contributed by atoms with Crippen LogP contribution in [0.1, 0.15) is 30.8 Å². The highest BCUT2D eigenvalue weighted by atomic mass is 15.1. The summed E-state index contributed by atoms with van der Waals surface area (Å²) in [4.78, 5) is 4.20. The minimum Gasteiger partial charge on any atom is -0.324 e. The number of benzene rings is 1. The van der Waals surface area contributed by atoms with Gasteiger partial charge in [-0.15, -0.1) is 0 Å². The summed E-state index contributed by atoms with van der Waals surface area (Å²) in [5.74, 6) is 0.993. The quantitative estimate of drug-likeness (QED) is 0.855. The van der Waals surface area contributed by atoms with E-state index >= 15 is 0 Å². The Morgan fingerprint density at radius 2 is 2.00 bits per heavy atom. The summed E-state index contributed by atoms with van der Waals surface area (Å²) < 4.78 is 2.06. The first-order valence-electron chi connectivity index (χ1n) is 5.58. The number of nitrogens with two attached hydrogens (primary N) is 1. The Balaban J connectivity index is 2.30. The molecule has 1 atom stereocenters. The van der Waals surface area contributed by atoms with Crippen LogP contribution in [-0.4, -0.2) is 9.55 Å². The zero-order chi connectivity index (χ0) is 11.5. The molecule has 0 fully saturated rings. The lowest BCUT2D eigenvalue weighted by atomic mass is 10.1. The second-order valence-corrected chi connectivity index (χ2v) is 3.95. The standard InChI is InChI=1S/C13H17N3/c1-3-13(14)11-4-6-12(7-5-11)16-9-8-15-10(16)2/h4-9,13H,3,14H2,1-2H3. The molecule has 16 heavy (non-hydrogen) atoms. The van der Waals surface area contributed by atoms with E-state index in [0.29, 0.717) is 0 Å². The van der Waals surface area contributed by atoms with Crippen molar-refractivity contribution in [1.82, 2.24) is 9.55 Å². The lowest BCUT2D eigenvalue weighted by Crippen LogP contribution is -2.08. The van der Waals surface area contributed by atoms with Gasteiger partial charge in [0.05, 0.1) is 0 Å². The fourth-order valence-electron chi connectivity index (χ4n) is 1.77. The smallest absolute Gasteiger partial charge is 0.110 e. The molecule has 1 unspecified atom stereocenters. The van der Waals surface area contributed by atoms with Gasteiger partial charge in [0.25, 0.3) is 0 Å². The summed E-state index contributed by atoms with van der Waals surface area (Å²) in [7, 11) is 0. The summed E-state index contributed by atoms with van der Waals surface area (Å²) in [5.41, 5.74) is 8.28. The first-order valence-corrected chi connectivity index (χ1v) is 5.58. The zero-order valence-electron chi connectivity index (χ0n) is 9.72. The molecule has 2 rings (SSSR count). The van der Waals surface area contributed by atoms with Crippen LogP contribution >= 0.6 is 0 Å². The number of hydrogen-bond donors (Lipinski definition) is 1. The highest BCUT2D eigenvalue weighted by Crippen LogP contribution is 2.17.